The molecule has 3 aliphatic heterocycles. The number of hydrogen-bond donors (Lipinski definition) is 1. The van der Waals surface area contributed by atoms with Crippen molar-refractivity contribution in [3.05, 3.63) is 89.9 Å². The van der Waals surface area contributed by atoms with Crippen molar-refractivity contribution < 1.29 is 33.3 Å². The molecule has 2 aromatic heterocycles. The number of allylic oxidation sites excluding steroid dienone is 3. The average molecular weight is 714 g/mol. The van der Waals surface area contributed by atoms with E-state index in [9.17, 15) is 14.4 Å². The maximum Gasteiger partial charge on any atom is 0.414 e. The molecule has 0 saturated carbocycles. The Hall–Kier alpha value is -5.53. The molecule has 0 spiro atoms. The van der Waals surface area contributed by atoms with Crippen LogP contribution in [0.2, 0.25) is 0 Å². The average Bonchev–Trinajstić information content (AvgIpc) is 3.50. The Bertz CT molecular complexity index is 1840. The van der Waals surface area contributed by atoms with Gasteiger partial charge >= 0.3 is 18.3 Å². The zero-order chi connectivity index (χ0) is 36.8. The molecule has 3 aromatic rings. The van der Waals surface area contributed by atoms with Crippen LogP contribution < -0.4 is 10.1 Å². The van der Waals surface area contributed by atoms with Crippen LogP contribution >= 0.6 is 0 Å². The van der Waals surface area contributed by atoms with Gasteiger partial charge in [-0.1, -0.05) is 50.3 Å². The Kier molecular flexibility index (Phi) is 11.0. The van der Waals surface area contributed by atoms with Crippen LogP contribution in [0.25, 0.3) is 5.65 Å². The lowest BCUT2D eigenvalue weighted by molar-refractivity contribution is -0.0410. The summed E-state index contributed by atoms with van der Waals surface area (Å²) in [7, 11) is 0. The molecule has 1 aromatic carbocycles. The van der Waals surface area contributed by atoms with Crippen molar-refractivity contribution in [3.8, 4) is 5.88 Å². The van der Waals surface area contributed by atoms with Crippen molar-refractivity contribution in [1.29, 1.82) is 0 Å². The van der Waals surface area contributed by atoms with E-state index >= 15 is 0 Å². The number of likely N-dealkylation sites (tertiary alicyclic amines) is 2. The van der Waals surface area contributed by atoms with Gasteiger partial charge in [0.25, 0.3) is 0 Å². The van der Waals surface area contributed by atoms with Crippen LogP contribution in [0.3, 0.4) is 0 Å². The molecule has 3 amide bonds. The number of hydrogen-bond acceptors (Lipinski definition) is 10. The van der Waals surface area contributed by atoms with Gasteiger partial charge in [-0.2, -0.15) is 14.6 Å². The summed E-state index contributed by atoms with van der Waals surface area (Å²) >= 11 is 0. The standard InChI is InChI=1S/C38H47N7O7/c1-26(2)31-21-39-45-32(20-33(41-34(31)45)50-29-16-11-19-43(22-29)35(46)49-25-27-12-7-6-8-13-27)40-28-14-9-17-42(18-10-15-28)36(47)51-30-23-44(24-30)37(48)52-38(3,4)5/h6-10,12-15,17,20-21,26,29-30,40H,11,16,18-19,22-25H2,1-5H3/b15-10-,17-9-,28-14+/t29-/m1/s1. The maximum atomic E-state index is 12.9. The lowest BCUT2D eigenvalue weighted by Gasteiger charge is -2.39. The van der Waals surface area contributed by atoms with E-state index in [2.05, 4.69) is 24.3 Å². The molecule has 0 unspecified atom stereocenters. The number of aromatic nitrogens is 3. The normalized spacial score (nSPS) is 20.2. The third kappa shape index (κ3) is 9.22. The first kappa shape index (κ1) is 36.3. The summed E-state index contributed by atoms with van der Waals surface area (Å²) in [6.45, 7) is 11.7. The summed E-state index contributed by atoms with van der Waals surface area (Å²) in [5.41, 5.74) is 2.74. The zero-order valence-electron chi connectivity index (χ0n) is 30.4. The number of fused-ring (bicyclic) bond motifs is 1. The van der Waals surface area contributed by atoms with E-state index in [1.807, 2.05) is 75.5 Å². The number of ether oxygens (including phenoxy) is 4. The molecule has 6 rings (SSSR count). The summed E-state index contributed by atoms with van der Waals surface area (Å²) in [4.78, 5) is 47.5. The van der Waals surface area contributed by atoms with E-state index < -0.39 is 23.9 Å². The van der Waals surface area contributed by atoms with Crippen molar-refractivity contribution in [1.82, 2.24) is 29.3 Å². The highest BCUT2D eigenvalue weighted by Gasteiger charge is 2.37. The number of piperidine rings is 1. The van der Waals surface area contributed by atoms with Gasteiger partial charge < -0.3 is 34.1 Å². The van der Waals surface area contributed by atoms with Gasteiger partial charge in [0, 0.05) is 36.6 Å². The van der Waals surface area contributed by atoms with Gasteiger partial charge in [-0.25, -0.2) is 14.4 Å². The number of benzene rings is 1. The molecule has 0 bridgehead atoms. The SMILES string of the molecule is CC(C)c1cnn2c(NC3=C/C=C\N(C(=O)OC4CN(C(=O)OC(C)(C)C)C4)C/C=C\3)cc(O[C@@H]3CCCN(C(=O)OCc4ccccc4)C3)nc12. The number of nitrogens with one attached hydrogen (secondary N) is 1. The smallest absolute Gasteiger partial charge is 0.414 e. The van der Waals surface area contributed by atoms with E-state index in [4.69, 9.17) is 23.9 Å². The third-order valence-corrected chi connectivity index (χ3v) is 8.64. The molecule has 0 radical (unpaired) electrons. The highest BCUT2D eigenvalue weighted by molar-refractivity contribution is 5.72. The van der Waals surface area contributed by atoms with Gasteiger partial charge in [0.1, 0.15) is 30.2 Å². The van der Waals surface area contributed by atoms with Crippen molar-refractivity contribution >= 4 is 29.7 Å². The molecule has 0 aliphatic carbocycles. The van der Waals surface area contributed by atoms with E-state index in [0.717, 1.165) is 29.7 Å². The molecule has 1 N–H and O–H groups in total. The molecule has 5 heterocycles. The van der Waals surface area contributed by atoms with E-state index in [1.165, 1.54) is 9.80 Å². The first-order valence-corrected chi connectivity index (χ1v) is 17.7. The third-order valence-electron chi connectivity index (χ3n) is 8.64. The van der Waals surface area contributed by atoms with Gasteiger partial charge in [0.2, 0.25) is 5.88 Å². The van der Waals surface area contributed by atoms with Crippen molar-refractivity contribution in [2.75, 3.05) is 38.0 Å². The zero-order valence-corrected chi connectivity index (χ0v) is 30.4. The predicted molar refractivity (Wildman–Crippen MR) is 194 cm³/mol. The van der Waals surface area contributed by atoms with Gasteiger partial charge in [-0.3, -0.25) is 4.90 Å². The molecule has 2 saturated heterocycles. The minimum Gasteiger partial charge on any atom is -0.472 e. The number of rotatable bonds is 8. The number of carbonyl (C=O) groups excluding carboxylic acids is 3. The fraction of sp³-hybridized carbons (Fsp3) is 0.447. The number of anilines is 1. The summed E-state index contributed by atoms with van der Waals surface area (Å²) in [5.74, 6) is 1.23. The topological polar surface area (TPSA) is 140 Å². The molecule has 14 heteroatoms. The molecule has 3 aliphatic rings. The van der Waals surface area contributed by atoms with Gasteiger partial charge in [0.15, 0.2) is 5.65 Å². The van der Waals surface area contributed by atoms with E-state index in [1.54, 1.807) is 27.8 Å². The number of carbonyl (C=O) groups is 3. The van der Waals surface area contributed by atoms with Crippen LogP contribution in [0.4, 0.5) is 20.2 Å². The summed E-state index contributed by atoms with van der Waals surface area (Å²) < 4.78 is 24.7. The number of nitrogens with zero attached hydrogens (tertiary/aromatic N) is 6. The molecular weight excluding hydrogens is 666 g/mol. The van der Waals surface area contributed by atoms with Gasteiger partial charge in [-0.05, 0) is 63.3 Å². The first-order valence-electron chi connectivity index (χ1n) is 17.7. The molecule has 2 fully saturated rings. The molecule has 52 heavy (non-hydrogen) atoms. The molecular formula is C38H47N7O7. The lowest BCUT2D eigenvalue weighted by Crippen LogP contribution is -2.57. The Labute approximate surface area is 303 Å². The van der Waals surface area contributed by atoms with E-state index in [0.29, 0.717) is 43.5 Å². The Morgan fingerprint density at radius 3 is 2.52 bits per heavy atom. The lowest BCUT2D eigenvalue weighted by atomic mass is 10.1. The predicted octanol–water partition coefficient (Wildman–Crippen LogP) is 6.47. The maximum absolute atomic E-state index is 12.9. The van der Waals surface area contributed by atoms with Crippen LogP contribution in [-0.2, 0) is 20.8 Å². The first-order chi connectivity index (χ1) is 24.9. The van der Waals surface area contributed by atoms with Crippen molar-refractivity contribution in [3.63, 3.8) is 0 Å². The van der Waals surface area contributed by atoms with Crippen molar-refractivity contribution in [2.45, 2.75) is 77.8 Å². The monoisotopic (exact) mass is 713 g/mol. The highest BCUT2D eigenvalue weighted by Crippen LogP contribution is 2.28. The molecule has 1 atom stereocenters. The Balaban J connectivity index is 1.09. The number of amides is 3. The molecule has 276 valence electrons. The Morgan fingerprint density at radius 2 is 1.77 bits per heavy atom. The van der Waals surface area contributed by atoms with Crippen LogP contribution in [0.15, 0.2) is 78.8 Å². The highest BCUT2D eigenvalue weighted by atomic mass is 16.6. The summed E-state index contributed by atoms with van der Waals surface area (Å²) in [6, 6.07) is 11.4. The minimum absolute atomic E-state index is 0.173. The van der Waals surface area contributed by atoms with Gasteiger partial charge in [0.05, 0.1) is 25.8 Å². The van der Waals surface area contributed by atoms with Crippen LogP contribution in [0.1, 0.15) is 64.5 Å². The second-order valence-corrected chi connectivity index (χ2v) is 14.4. The van der Waals surface area contributed by atoms with Crippen molar-refractivity contribution in [2.24, 2.45) is 0 Å². The largest absolute Gasteiger partial charge is 0.472 e. The summed E-state index contributed by atoms with van der Waals surface area (Å²) in [6.07, 6.45) is 10.4. The summed E-state index contributed by atoms with van der Waals surface area (Å²) in [5, 5.41) is 8.06. The second-order valence-electron chi connectivity index (χ2n) is 14.4. The van der Waals surface area contributed by atoms with Crippen LogP contribution in [-0.4, -0.2) is 98.1 Å². The fourth-order valence-corrected chi connectivity index (χ4v) is 5.92. The molecule has 14 nitrogen and oxygen atoms in total. The Morgan fingerprint density at radius 1 is 1.00 bits per heavy atom. The second kappa shape index (κ2) is 15.8. The van der Waals surface area contributed by atoms with E-state index in [-0.39, 0.29) is 31.3 Å². The fourth-order valence-electron chi connectivity index (χ4n) is 5.92. The minimum atomic E-state index is -0.587. The van der Waals surface area contributed by atoms with Gasteiger partial charge in [-0.15, -0.1) is 0 Å². The van der Waals surface area contributed by atoms with Crippen LogP contribution in [0.5, 0.6) is 5.88 Å². The quantitative estimate of drug-likeness (QED) is 0.258. The van der Waals surface area contributed by atoms with Crippen LogP contribution in [0, 0.1) is 0 Å².